The molecule has 2 aromatic heterocycles. The van der Waals surface area contributed by atoms with Gasteiger partial charge in [0.1, 0.15) is 11.6 Å². The van der Waals surface area contributed by atoms with E-state index in [9.17, 15) is 9.18 Å². The first-order valence-electron chi connectivity index (χ1n) is 12.6. The summed E-state index contributed by atoms with van der Waals surface area (Å²) in [5.74, 6) is 1.12. The lowest BCUT2D eigenvalue weighted by Crippen LogP contribution is -2.33. The van der Waals surface area contributed by atoms with E-state index in [4.69, 9.17) is 9.47 Å². The van der Waals surface area contributed by atoms with Gasteiger partial charge in [0.15, 0.2) is 5.82 Å². The van der Waals surface area contributed by atoms with Crippen molar-refractivity contribution < 1.29 is 13.9 Å². The Morgan fingerprint density at radius 1 is 1.22 bits per heavy atom. The molecule has 0 bridgehead atoms. The topological polar surface area (TPSA) is 98.2 Å². The second-order valence-corrected chi connectivity index (χ2v) is 9.39. The molecular formula is C27H31FN6O3. The minimum absolute atomic E-state index is 0.0885. The first kappa shape index (κ1) is 25.0. The van der Waals surface area contributed by atoms with Gasteiger partial charge < -0.3 is 14.5 Å². The van der Waals surface area contributed by atoms with Crippen LogP contribution in [0.25, 0.3) is 10.9 Å². The van der Waals surface area contributed by atoms with Gasteiger partial charge in [0.05, 0.1) is 31.3 Å². The van der Waals surface area contributed by atoms with Crippen LogP contribution in [0, 0.1) is 5.82 Å². The third-order valence-corrected chi connectivity index (χ3v) is 6.89. The first-order valence-corrected chi connectivity index (χ1v) is 12.6. The molecule has 5 rings (SSSR count). The number of aromatic amines is 1. The van der Waals surface area contributed by atoms with Crippen LogP contribution < -0.4 is 10.3 Å². The van der Waals surface area contributed by atoms with Crippen molar-refractivity contribution in [3.8, 4) is 5.75 Å². The number of nitrogens with one attached hydrogen (secondary N) is 1. The van der Waals surface area contributed by atoms with E-state index in [1.54, 1.807) is 19.2 Å². The van der Waals surface area contributed by atoms with E-state index in [-0.39, 0.29) is 23.5 Å². The van der Waals surface area contributed by atoms with Crippen molar-refractivity contribution in [2.24, 2.45) is 0 Å². The molecule has 1 fully saturated rings. The number of tetrazole rings is 1. The van der Waals surface area contributed by atoms with Crippen LogP contribution in [0.4, 0.5) is 4.39 Å². The number of fused-ring (bicyclic) bond motifs is 1. The number of aromatic nitrogens is 5. The lowest BCUT2D eigenvalue weighted by atomic mass is 10.1. The van der Waals surface area contributed by atoms with E-state index >= 15 is 0 Å². The number of hydrogen-bond donors (Lipinski definition) is 1. The highest BCUT2D eigenvalue weighted by Crippen LogP contribution is 2.28. The number of H-pyrrole nitrogens is 1. The number of halogens is 1. The molecule has 9 nitrogen and oxygen atoms in total. The first-order chi connectivity index (χ1) is 18.0. The van der Waals surface area contributed by atoms with Crippen LogP contribution in [0.3, 0.4) is 0 Å². The normalized spacial score (nSPS) is 16.5. The maximum absolute atomic E-state index is 13.6. The van der Waals surface area contributed by atoms with E-state index < -0.39 is 0 Å². The third kappa shape index (κ3) is 5.70. The molecule has 2 aromatic carbocycles. The molecule has 2 atom stereocenters. The fourth-order valence-electron chi connectivity index (χ4n) is 4.95. The van der Waals surface area contributed by atoms with E-state index in [1.807, 2.05) is 28.9 Å². The second kappa shape index (κ2) is 11.2. The summed E-state index contributed by atoms with van der Waals surface area (Å²) in [6.45, 7) is 4.27. The smallest absolute Gasteiger partial charge is 0.252 e. The Kier molecular flexibility index (Phi) is 7.57. The Morgan fingerprint density at radius 3 is 2.78 bits per heavy atom. The number of methoxy groups -OCH3 is 1. The minimum atomic E-state index is -0.288. The van der Waals surface area contributed by atoms with Crippen molar-refractivity contribution in [2.45, 2.75) is 58.0 Å². The quantitative estimate of drug-likeness (QED) is 0.347. The second-order valence-electron chi connectivity index (χ2n) is 9.39. The van der Waals surface area contributed by atoms with Crippen LogP contribution in [-0.2, 0) is 24.4 Å². The predicted molar refractivity (Wildman–Crippen MR) is 137 cm³/mol. The van der Waals surface area contributed by atoms with Crippen LogP contribution in [0.1, 0.15) is 49.2 Å². The molecule has 1 aliphatic rings. The number of ether oxygens (including phenoxy) is 2. The molecule has 2 unspecified atom stereocenters. The fraction of sp³-hybridized carbons (Fsp3) is 0.407. The number of hydrogen-bond acceptors (Lipinski definition) is 7. The Bertz CT molecular complexity index is 1400. The van der Waals surface area contributed by atoms with Crippen LogP contribution in [0.15, 0.2) is 53.3 Å². The average molecular weight is 507 g/mol. The maximum Gasteiger partial charge on any atom is 0.252 e. The highest BCUT2D eigenvalue weighted by molar-refractivity contribution is 5.80. The lowest BCUT2D eigenvalue weighted by molar-refractivity contribution is 0.0888. The summed E-state index contributed by atoms with van der Waals surface area (Å²) in [4.78, 5) is 18.3. The highest BCUT2D eigenvalue weighted by Gasteiger charge is 2.28. The molecule has 1 saturated heterocycles. The molecule has 37 heavy (non-hydrogen) atoms. The van der Waals surface area contributed by atoms with E-state index in [2.05, 4.69) is 32.3 Å². The van der Waals surface area contributed by atoms with Gasteiger partial charge in [-0.15, -0.1) is 5.10 Å². The predicted octanol–water partition coefficient (Wildman–Crippen LogP) is 3.99. The Hall–Kier alpha value is -3.63. The van der Waals surface area contributed by atoms with E-state index in [1.165, 1.54) is 12.1 Å². The zero-order chi connectivity index (χ0) is 25.8. The van der Waals surface area contributed by atoms with Gasteiger partial charge in [-0.1, -0.05) is 19.1 Å². The van der Waals surface area contributed by atoms with Crippen molar-refractivity contribution >= 4 is 10.9 Å². The van der Waals surface area contributed by atoms with Gasteiger partial charge >= 0.3 is 0 Å². The Morgan fingerprint density at radius 2 is 2.05 bits per heavy atom. The van der Waals surface area contributed by atoms with Crippen LogP contribution >= 0.6 is 0 Å². The van der Waals surface area contributed by atoms with Gasteiger partial charge in [0, 0.05) is 31.3 Å². The summed E-state index contributed by atoms with van der Waals surface area (Å²) >= 11 is 0. The Labute approximate surface area is 214 Å². The molecule has 4 aromatic rings. The largest absolute Gasteiger partial charge is 0.497 e. The molecule has 0 amide bonds. The van der Waals surface area contributed by atoms with Gasteiger partial charge in [0.25, 0.3) is 5.56 Å². The molecule has 0 aliphatic carbocycles. The molecule has 194 valence electrons. The molecule has 1 N–H and O–H groups in total. The molecule has 0 saturated carbocycles. The standard InChI is InChI=1S/C27H31FN6O3/c1-3-25(26-30-31-32-34(26)17-23-5-4-12-37-23)33(15-18-6-9-21(28)10-7-18)16-20-13-19-8-11-22(36-2)14-24(19)29-27(20)35/h6-11,13-14,23,25H,3-5,12,15-17H2,1-2H3,(H,29,35). The van der Waals surface area contributed by atoms with Crippen molar-refractivity contribution in [2.75, 3.05) is 13.7 Å². The number of pyridine rings is 1. The van der Waals surface area contributed by atoms with Gasteiger partial charge in [-0.3, -0.25) is 9.69 Å². The monoisotopic (exact) mass is 506 g/mol. The zero-order valence-electron chi connectivity index (χ0n) is 21.1. The molecule has 3 heterocycles. The summed E-state index contributed by atoms with van der Waals surface area (Å²) < 4.78 is 26.5. The molecule has 0 spiro atoms. The van der Waals surface area contributed by atoms with Gasteiger partial charge in [-0.2, -0.15) is 0 Å². The molecular weight excluding hydrogens is 475 g/mol. The fourth-order valence-corrected chi connectivity index (χ4v) is 4.95. The molecule has 1 aliphatic heterocycles. The maximum atomic E-state index is 13.6. The van der Waals surface area contributed by atoms with Crippen LogP contribution in [0.2, 0.25) is 0 Å². The highest BCUT2D eigenvalue weighted by atomic mass is 19.1. The Balaban J connectivity index is 1.49. The number of benzene rings is 2. The van der Waals surface area contributed by atoms with Crippen molar-refractivity contribution in [1.82, 2.24) is 30.1 Å². The van der Waals surface area contributed by atoms with E-state index in [0.29, 0.717) is 36.5 Å². The van der Waals surface area contributed by atoms with Crippen molar-refractivity contribution in [3.63, 3.8) is 0 Å². The van der Waals surface area contributed by atoms with Crippen molar-refractivity contribution in [3.05, 3.63) is 81.7 Å². The van der Waals surface area contributed by atoms with Gasteiger partial charge in [-0.05, 0) is 71.0 Å². The summed E-state index contributed by atoms with van der Waals surface area (Å²) in [6.07, 6.45) is 2.82. The van der Waals surface area contributed by atoms with Crippen LogP contribution in [0.5, 0.6) is 5.75 Å². The third-order valence-electron chi connectivity index (χ3n) is 6.89. The minimum Gasteiger partial charge on any atom is -0.497 e. The average Bonchev–Trinajstić information content (AvgIpc) is 3.59. The summed E-state index contributed by atoms with van der Waals surface area (Å²) in [5, 5.41) is 13.5. The van der Waals surface area contributed by atoms with Crippen molar-refractivity contribution in [1.29, 1.82) is 0 Å². The van der Waals surface area contributed by atoms with E-state index in [0.717, 1.165) is 42.6 Å². The summed E-state index contributed by atoms with van der Waals surface area (Å²) in [6, 6.07) is 13.8. The molecule has 10 heteroatoms. The summed E-state index contributed by atoms with van der Waals surface area (Å²) in [5.41, 5.74) is 2.10. The van der Waals surface area contributed by atoms with Crippen LogP contribution in [-0.4, -0.2) is 49.9 Å². The number of nitrogens with zero attached hydrogens (tertiary/aromatic N) is 5. The van der Waals surface area contributed by atoms with Gasteiger partial charge in [-0.25, -0.2) is 9.07 Å². The summed E-state index contributed by atoms with van der Waals surface area (Å²) in [7, 11) is 1.60. The lowest BCUT2D eigenvalue weighted by Gasteiger charge is -2.30. The SMILES string of the molecule is CCC(c1nnnn1CC1CCCO1)N(Cc1ccc(F)cc1)Cc1cc2ccc(OC)cc2[nH]c1=O. The number of rotatable bonds is 10. The van der Waals surface area contributed by atoms with Gasteiger partial charge in [0.2, 0.25) is 0 Å². The zero-order valence-corrected chi connectivity index (χ0v) is 21.1. The molecule has 0 radical (unpaired) electrons.